The van der Waals surface area contributed by atoms with Crippen LogP contribution in [0.15, 0.2) is 0 Å². The standard InChI is InChI=1S/C35H68O4/c1-6-11-23-32(9-4)29-38-34(36)26-22-20-18-16-14-13-15-17-19-21-25-31(8-3)27-28-35(37)39-30-33(10-5)24-12-7-2/h31-33H,6-30H2,1-5H3. The zero-order valence-electron chi connectivity index (χ0n) is 27.0. The van der Waals surface area contributed by atoms with E-state index in [2.05, 4.69) is 34.6 Å². The summed E-state index contributed by atoms with van der Waals surface area (Å²) in [5.74, 6) is 1.73. The summed E-state index contributed by atoms with van der Waals surface area (Å²) in [6.45, 7) is 12.3. The van der Waals surface area contributed by atoms with Crippen LogP contribution in [0, 0.1) is 17.8 Å². The van der Waals surface area contributed by atoms with E-state index in [4.69, 9.17) is 9.47 Å². The molecule has 0 amide bonds. The summed E-state index contributed by atoms with van der Waals surface area (Å²) < 4.78 is 11.1. The number of rotatable bonds is 29. The van der Waals surface area contributed by atoms with Gasteiger partial charge in [0.15, 0.2) is 0 Å². The molecule has 0 saturated carbocycles. The molecule has 0 rings (SSSR count). The van der Waals surface area contributed by atoms with Gasteiger partial charge >= 0.3 is 11.9 Å². The maximum absolute atomic E-state index is 12.2. The molecule has 0 aliphatic carbocycles. The van der Waals surface area contributed by atoms with Gasteiger partial charge in [0.25, 0.3) is 0 Å². The molecular weight excluding hydrogens is 484 g/mol. The second-order valence-corrected chi connectivity index (χ2v) is 12.1. The van der Waals surface area contributed by atoms with Gasteiger partial charge in [0, 0.05) is 12.8 Å². The van der Waals surface area contributed by atoms with Crippen molar-refractivity contribution < 1.29 is 19.1 Å². The fourth-order valence-electron chi connectivity index (χ4n) is 5.35. The molecule has 3 unspecified atom stereocenters. The first-order valence-electron chi connectivity index (χ1n) is 17.3. The first kappa shape index (κ1) is 37.9. The maximum Gasteiger partial charge on any atom is 0.305 e. The van der Waals surface area contributed by atoms with Gasteiger partial charge in [-0.15, -0.1) is 0 Å². The quantitative estimate of drug-likeness (QED) is 0.0684. The van der Waals surface area contributed by atoms with Crippen LogP contribution < -0.4 is 0 Å². The molecule has 0 aliphatic heterocycles. The molecule has 0 aromatic heterocycles. The fourth-order valence-corrected chi connectivity index (χ4v) is 5.35. The van der Waals surface area contributed by atoms with Crippen molar-refractivity contribution in [1.29, 1.82) is 0 Å². The Kier molecular flexibility index (Phi) is 27.7. The van der Waals surface area contributed by atoms with E-state index in [9.17, 15) is 9.59 Å². The van der Waals surface area contributed by atoms with Crippen molar-refractivity contribution in [1.82, 2.24) is 0 Å². The maximum atomic E-state index is 12.2. The van der Waals surface area contributed by atoms with Crippen molar-refractivity contribution in [2.75, 3.05) is 13.2 Å². The topological polar surface area (TPSA) is 52.6 Å². The van der Waals surface area contributed by atoms with Crippen molar-refractivity contribution >= 4 is 11.9 Å². The van der Waals surface area contributed by atoms with Gasteiger partial charge in [-0.1, -0.05) is 144 Å². The lowest BCUT2D eigenvalue weighted by Crippen LogP contribution is -2.14. The van der Waals surface area contributed by atoms with E-state index >= 15 is 0 Å². The van der Waals surface area contributed by atoms with Gasteiger partial charge in [0.05, 0.1) is 13.2 Å². The Bertz CT molecular complexity index is 547. The third-order valence-electron chi connectivity index (χ3n) is 8.62. The molecule has 0 fully saturated rings. The van der Waals surface area contributed by atoms with Crippen LogP contribution >= 0.6 is 0 Å². The highest BCUT2D eigenvalue weighted by molar-refractivity contribution is 5.69. The van der Waals surface area contributed by atoms with Crippen molar-refractivity contribution in [2.24, 2.45) is 17.8 Å². The van der Waals surface area contributed by atoms with E-state index in [1.165, 1.54) is 96.3 Å². The normalized spacial score (nSPS) is 13.7. The Morgan fingerprint density at radius 3 is 1.26 bits per heavy atom. The highest BCUT2D eigenvalue weighted by Crippen LogP contribution is 2.21. The van der Waals surface area contributed by atoms with E-state index in [0.29, 0.717) is 43.8 Å². The van der Waals surface area contributed by atoms with E-state index in [1.54, 1.807) is 0 Å². The molecule has 3 atom stereocenters. The third-order valence-corrected chi connectivity index (χ3v) is 8.62. The van der Waals surface area contributed by atoms with Crippen molar-refractivity contribution in [3.8, 4) is 0 Å². The van der Waals surface area contributed by atoms with Gasteiger partial charge in [-0.25, -0.2) is 0 Å². The first-order chi connectivity index (χ1) is 19.0. The van der Waals surface area contributed by atoms with Crippen molar-refractivity contribution in [3.05, 3.63) is 0 Å². The summed E-state index contributed by atoms with van der Waals surface area (Å²) in [6.07, 6.45) is 26.6. The monoisotopic (exact) mass is 553 g/mol. The summed E-state index contributed by atoms with van der Waals surface area (Å²) in [7, 11) is 0. The van der Waals surface area contributed by atoms with Crippen LogP contribution in [0.1, 0.15) is 182 Å². The van der Waals surface area contributed by atoms with Gasteiger partial charge in [-0.3, -0.25) is 9.59 Å². The average Bonchev–Trinajstić information content (AvgIpc) is 2.95. The summed E-state index contributed by atoms with van der Waals surface area (Å²) >= 11 is 0. The number of ether oxygens (including phenoxy) is 2. The summed E-state index contributed by atoms with van der Waals surface area (Å²) in [6, 6.07) is 0. The first-order valence-corrected chi connectivity index (χ1v) is 17.3. The lowest BCUT2D eigenvalue weighted by molar-refractivity contribution is -0.146. The number of esters is 2. The largest absolute Gasteiger partial charge is 0.465 e. The molecule has 0 bridgehead atoms. The van der Waals surface area contributed by atoms with E-state index in [1.807, 2.05) is 0 Å². The van der Waals surface area contributed by atoms with Gasteiger partial charge in [-0.05, 0) is 43.4 Å². The average molecular weight is 553 g/mol. The Hall–Kier alpha value is -1.06. The molecule has 0 N–H and O–H groups in total. The van der Waals surface area contributed by atoms with Crippen molar-refractivity contribution in [2.45, 2.75) is 182 Å². The Morgan fingerprint density at radius 2 is 0.821 bits per heavy atom. The molecule has 232 valence electrons. The van der Waals surface area contributed by atoms with Crippen LogP contribution in [-0.2, 0) is 19.1 Å². The minimum absolute atomic E-state index is 0.00175. The number of carbonyl (C=O) groups excluding carboxylic acids is 2. The minimum Gasteiger partial charge on any atom is -0.465 e. The Morgan fingerprint density at radius 1 is 0.436 bits per heavy atom. The zero-order chi connectivity index (χ0) is 29.0. The van der Waals surface area contributed by atoms with Gasteiger partial charge in [-0.2, -0.15) is 0 Å². The lowest BCUT2D eigenvalue weighted by Gasteiger charge is -2.16. The third kappa shape index (κ3) is 24.5. The predicted molar refractivity (Wildman–Crippen MR) is 167 cm³/mol. The number of unbranched alkanes of at least 4 members (excludes halogenated alkanes) is 11. The van der Waals surface area contributed by atoms with E-state index in [-0.39, 0.29) is 11.9 Å². The van der Waals surface area contributed by atoms with E-state index < -0.39 is 0 Å². The second-order valence-electron chi connectivity index (χ2n) is 12.1. The van der Waals surface area contributed by atoms with Crippen LogP contribution in [0.3, 0.4) is 0 Å². The SMILES string of the molecule is CCCCC(CC)COC(=O)CCCCCCCCCCCCC(CC)CCC(=O)OCC(CC)CCCC. The zero-order valence-corrected chi connectivity index (χ0v) is 27.0. The highest BCUT2D eigenvalue weighted by Gasteiger charge is 2.13. The van der Waals surface area contributed by atoms with Crippen LogP contribution in [0.4, 0.5) is 0 Å². The molecule has 0 spiro atoms. The lowest BCUT2D eigenvalue weighted by atomic mass is 9.93. The highest BCUT2D eigenvalue weighted by atomic mass is 16.5. The van der Waals surface area contributed by atoms with Crippen molar-refractivity contribution in [3.63, 3.8) is 0 Å². The molecule has 0 aliphatic rings. The molecule has 0 saturated heterocycles. The molecule has 0 radical (unpaired) electrons. The number of hydrogen-bond acceptors (Lipinski definition) is 4. The summed E-state index contributed by atoms with van der Waals surface area (Å²) in [5.41, 5.74) is 0. The second kappa shape index (κ2) is 28.5. The predicted octanol–water partition coefficient (Wildman–Crippen LogP) is 11.0. The Balaban J connectivity index is 3.61. The number of hydrogen-bond donors (Lipinski definition) is 0. The van der Waals surface area contributed by atoms with Crippen LogP contribution in [0.2, 0.25) is 0 Å². The van der Waals surface area contributed by atoms with E-state index in [0.717, 1.165) is 38.5 Å². The van der Waals surface area contributed by atoms with Gasteiger partial charge in [0.1, 0.15) is 0 Å². The van der Waals surface area contributed by atoms with Crippen LogP contribution in [0.25, 0.3) is 0 Å². The Labute approximate surface area is 244 Å². The summed E-state index contributed by atoms with van der Waals surface area (Å²) in [4.78, 5) is 24.2. The molecule has 4 heteroatoms. The molecule has 4 nitrogen and oxygen atoms in total. The molecule has 0 aromatic carbocycles. The van der Waals surface area contributed by atoms with Crippen LogP contribution in [-0.4, -0.2) is 25.2 Å². The van der Waals surface area contributed by atoms with Crippen LogP contribution in [0.5, 0.6) is 0 Å². The smallest absolute Gasteiger partial charge is 0.305 e. The summed E-state index contributed by atoms with van der Waals surface area (Å²) in [5, 5.41) is 0. The minimum atomic E-state index is -0.00175. The number of carbonyl (C=O) groups is 2. The fraction of sp³-hybridized carbons (Fsp3) is 0.943. The molecule has 0 heterocycles. The van der Waals surface area contributed by atoms with Gasteiger partial charge < -0.3 is 9.47 Å². The molecule has 0 aromatic rings. The molecule has 39 heavy (non-hydrogen) atoms. The molecular formula is C35H68O4. The van der Waals surface area contributed by atoms with Gasteiger partial charge in [0.2, 0.25) is 0 Å².